The maximum absolute atomic E-state index is 11.4. The zero-order valence-electron chi connectivity index (χ0n) is 7.62. The van der Waals surface area contributed by atoms with E-state index in [1.54, 1.807) is 0 Å². The third-order valence-electron chi connectivity index (χ3n) is 2.24. The predicted molar refractivity (Wildman–Crippen MR) is 54.4 cm³/mol. The van der Waals surface area contributed by atoms with Gasteiger partial charge in [0.25, 0.3) is 0 Å². The summed E-state index contributed by atoms with van der Waals surface area (Å²) in [6, 6.07) is 5.63. The first kappa shape index (κ1) is 9.52. The molecule has 14 heavy (non-hydrogen) atoms. The van der Waals surface area contributed by atoms with Crippen LogP contribution >= 0.6 is 15.9 Å². The van der Waals surface area contributed by atoms with Crippen LogP contribution < -0.4 is 4.74 Å². The van der Waals surface area contributed by atoms with Crippen LogP contribution in [0.15, 0.2) is 22.7 Å². The molecule has 0 aromatic heterocycles. The van der Waals surface area contributed by atoms with Crippen molar-refractivity contribution in [2.24, 2.45) is 0 Å². The molecule has 0 fully saturated rings. The summed E-state index contributed by atoms with van der Waals surface area (Å²) >= 11 is 3.36. The second-order valence-electron chi connectivity index (χ2n) is 3.07. The van der Waals surface area contributed by atoms with Crippen LogP contribution in [-0.4, -0.2) is 19.7 Å². The summed E-state index contributed by atoms with van der Waals surface area (Å²) in [7, 11) is 1.39. The lowest BCUT2D eigenvalue weighted by Crippen LogP contribution is -2.15. The molecular weight excluding hydrogens is 248 g/mol. The second kappa shape index (κ2) is 3.61. The molecule has 1 atom stereocenters. The molecule has 1 aliphatic rings. The average molecular weight is 257 g/mol. The van der Waals surface area contributed by atoms with Crippen LogP contribution in [0.3, 0.4) is 0 Å². The third-order valence-corrected chi connectivity index (χ3v) is 2.73. The summed E-state index contributed by atoms with van der Waals surface area (Å²) in [5.41, 5.74) is 0.895. The summed E-state index contributed by atoms with van der Waals surface area (Å²) < 4.78 is 11.0. The van der Waals surface area contributed by atoms with Crippen molar-refractivity contribution < 1.29 is 14.3 Å². The fourth-order valence-electron chi connectivity index (χ4n) is 1.52. The molecule has 4 heteroatoms. The number of fused-ring (bicyclic) bond motifs is 1. The van der Waals surface area contributed by atoms with Crippen molar-refractivity contribution in [2.75, 3.05) is 13.7 Å². The minimum absolute atomic E-state index is 0.248. The molecule has 0 spiro atoms. The van der Waals surface area contributed by atoms with Gasteiger partial charge in [-0.3, -0.25) is 4.79 Å². The molecule has 3 nitrogen and oxygen atoms in total. The van der Waals surface area contributed by atoms with Gasteiger partial charge in [0.1, 0.15) is 18.3 Å². The maximum Gasteiger partial charge on any atom is 0.316 e. The molecular formula is C10H9BrO3. The number of benzene rings is 1. The van der Waals surface area contributed by atoms with Crippen LogP contribution in [0.25, 0.3) is 0 Å². The molecule has 2 rings (SSSR count). The monoisotopic (exact) mass is 256 g/mol. The smallest absolute Gasteiger partial charge is 0.316 e. The van der Waals surface area contributed by atoms with E-state index in [4.69, 9.17) is 9.47 Å². The summed E-state index contributed by atoms with van der Waals surface area (Å²) in [6.45, 7) is 0.373. The van der Waals surface area contributed by atoms with E-state index in [0.29, 0.717) is 6.61 Å². The fraction of sp³-hybridized carbons (Fsp3) is 0.300. The Hall–Kier alpha value is -1.03. The largest absolute Gasteiger partial charge is 0.492 e. The molecule has 74 valence electrons. The number of esters is 1. The number of halogens is 1. The molecule has 0 saturated carbocycles. The molecule has 0 aliphatic carbocycles. The van der Waals surface area contributed by atoms with Gasteiger partial charge in [0.05, 0.1) is 7.11 Å². The van der Waals surface area contributed by atoms with Crippen LogP contribution in [0.4, 0.5) is 0 Å². The molecule has 1 aromatic carbocycles. The van der Waals surface area contributed by atoms with Gasteiger partial charge in [-0.2, -0.15) is 0 Å². The lowest BCUT2D eigenvalue weighted by Gasteiger charge is -2.05. The van der Waals surface area contributed by atoms with Gasteiger partial charge in [-0.15, -0.1) is 0 Å². The molecule has 1 aromatic rings. The molecule has 1 heterocycles. The zero-order chi connectivity index (χ0) is 10.1. The van der Waals surface area contributed by atoms with Crippen LogP contribution in [0.1, 0.15) is 11.5 Å². The number of rotatable bonds is 1. The van der Waals surface area contributed by atoms with E-state index in [1.165, 1.54) is 7.11 Å². The van der Waals surface area contributed by atoms with Crippen molar-refractivity contribution in [2.45, 2.75) is 5.92 Å². The number of hydrogen-bond acceptors (Lipinski definition) is 3. The van der Waals surface area contributed by atoms with E-state index in [1.807, 2.05) is 18.2 Å². The standard InChI is InChI=1S/C10H9BrO3/c1-13-10(12)8-5-14-9-3-2-6(11)4-7(8)9/h2-4,8H,5H2,1H3/t8-/m0/s1. The summed E-state index contributed by atoms with van der Waals surface area (Å²) in [6.07, 6.45) is 0. The highest BCUT2D eigenvalue weighted by Gasteiger charge is 2.31. The maximum atomic E-state index is 11.4. The molecule has 0 saturated heterocycles. The lowest BCUT2D eigenvalue weighted by atomic mass is 10.0. The van der Waals surface area contributed by atoms with Gasteiger partial charge in [-0.05, 0) is 18.2 Å². The first-order valence-corrected chi connectivity index (χ1v) is 5.01. The van der Waals surface area contributed by atoms with Gasteiger partial charge in [0, 0.05) is 10.0 Å². The summed E-state index contributed by atoms with van der Waals surface area (Å²) in [5, 5.41) is 0. The van der Waals surface area contributed by atoms with Gasteiger partial charge in [0.2, 0.25) is 0 Å². The third kappa shape index (κ3) is 1.50. The predicted octanol–water partition coefficient (Wildman–Crippen LogP) is 2.10. The van der Waals surface area contributed by atoms with Crippen LogP contribution in [0, 0.1) is 0 Å². The van der Waals surface area contributed by atoms with E-state index < -0.39 is 0 Å². The van der Waals surface area contributed by atoms with E-state index in [9.17, 15) is 4.79 Å². The summed E-state index contributed by atoms with van der Waals surface area (Å²) in [5.74, 6) is 0.234. The van der Waals surface area contributed by atoms with Crippen molar-refractivity contribution in [1.29, 1.82) is 0 Å². The zero-order valence-corrected chi connectivity index (χ0v) is 9.21. The molecule has 0 amide bonds. The van der Waals surface area contributed by atoms with Crippen molar-refractivity contribution in [1.82, 2.24) is 0 Å². The molecule has 0 N–H and O–H groups in total. The Balaban J connectivity index is 2.38. The number of ether oxygens (including phenoxy) is 2. The molecule has 0 unspecified atom stereocenters. The number of carbonyl (C=O) groups is 1. The first-order valence-electron chi connectivity index (χ1n) is 4.22. The quantitative estimate of drug-likeness (QED) is 0.723. The Morgan fingerprint density at radius 1 is 1.64 bits per heavy atom. The minimum atomic E-state index is -0.285. The highest BCUT2D eigenvalue weighted by atomic mass is 79.9. The van der Waals surface area contributed by atoms with E-state index >= 15 is 0 Å². The summed E-state index contributed by atoms with van der Waals surface area (Å²) in [4.78, 5) is 11.4. The molecule has 0 radical (unpaired) electrons. The Bertz CT molecular complexity index is 376. The SMILES string of the molecule is COC(=O)[C@H]1COc2ccc(Br)cc21. The Labute approximate surface area is 90.1 Å². The average Bonchev–Trinajstić information content (AvgIpc) is 2.59. The Kier molecular flexibility index (Phi) is 2.46. The van der Waals surface area contributed by atoms with E-state index in [0.717, 1.165) is 15.8 Å². The number of carbonyl (C=O) groups excluding carboxylic acids is 1. The first-order chi connectivity index (χ1) is 6.72. The van der Waals surface area contributed by atoms with Gasteiger partial charge in [-0.25, -0.2) is 0 Å². The van der Waals surface area contributed by atoms with Gasteiger partial charge in [-0.1, -0.05) is 15.9 Å². The second-order valence-corrected chi connectivity index (χ2v) is 3.98. The Morgan fingerprint density at radius 3 is 3.14 bits per heavy atom. The van der Waals surface area contributed by atoms with Gasteiger partial charge >= 0.3 is 5.97 Å². The van der Waals surface area contributed by atoms with Crippen LogP contribution in [0.2, 0.25) is 0 Å². The van der Waals surface area contributed by atoms with Crippen LogP contribution in [-0.2, 0) is 9.53 Å². The van der Waals surface area contributed by atoms with Crippen molar-refractivity contribution in [3.8, 4) is 5.75 Å². The number of hydrogen-bond donors (Lipinski definition) is 0. The molecule has 1 aliphatic heterocycles. The van der Waals surface area contributed by atoms with E-state index in [2.05, 4.69) is 15.9 Å². The van der Waals surface area contributed by atoms with Gasteiger partial charge < -0.3 is 9.47 Å². The van der Waals surface area contributed by atoms with E-state index in [-0.39, 0.29) is 11.9 Å². The lowest BCUT2D eigenvalue weighted by molar-refractivity contribution is -0.142. The number of methoxy groups -OCH3 is 1. The Morgan fingerprint density at radius 2 is 2.43 bits per heavy atom. The van der Waals surface area contributed by atoms with Crippen molar-refractivity contribution in [3.05, 3.63) is 28.2 Å². The van der Waals surface area contributed by atoms with Crippen LogP contribution in [0.5, 0.6) is 5.75 Å². The van der Waals surface area contributed by atoms with Crippen molar-refractivity contribution in [3.63, 3.8) is 0 Å². The fourth-order valence-corrected chi connectivity index (χ4v) is 1.90. The van der Waals surface area contributed by atoms with Gasteiger partial charge in [0.15, 0.2) is 0 Å². The molecule has 0 bridgehead atoms. The topological polar surface area (TPSA) is 35.5 Å². The highest BCUT2D eigenvalue weighted by molar-refractivity contribution is 9.10. The highest BCUT2D eigenvalue weighted by Crippen LogP contribution is 2.36. The minimum Gasteiger partial charge on any atom is -0.492 e. The van der Waals surface area contributed by atoms with Crippen molar-refractivity contribution >= 4 is 21.9 Å². The normalized spacial score (nSPS) is 18.6.